The SMILES string of the molecule is Cc1cc(-c2ccccc2)nc(S[C@@H](C)c2nnc(-c3cccs3)o2)n1. The van der Waals surface area contributed by atoms with Crippen molar-refractivity contribution in [1.82, 2.24) is 20.2 Å². The van der Waals surface area contributed by atoms with Crippen molar-refractivity contribution >= 4 is 23.1 Å². The number of aryl methyl sites for hydroxylation is 1. The van der Waals surface area contributed by atoms with Crippen LogP contribution in [0.25, 0.3) is 22.0 Å². The van der Waals surface area contributed by atoms with Crippen LogP contribution in [0, 0.1) is 6.92 Å². The van der Waals surface area contributed by atoms with Gasteiger partial charge in [-0.05, 0) is 31.4 Å². The molecule has 0 amide bonds. The van der Waals surface area contributed by atoms with Crippen LogP contribution in [0.2, 0.25) is 0 Å². The first kappa shape index (κ1) is 16.9. The molecular formula is C19H16N4OS2. The van der Waals surface area contributed by atoms with E-state index in [0.717, 1.165) is 21.8 Å². The van der Waals surface area contributed by atoms with E-state index in [0.29, 0.717) is 16.9 Å². The third kappa shape index (κ3) is 3.68. The third-order valence-electron chi connectivity index (χ3n) is 3.71. The smallest absolute Gasteiger partial charge is 0.257 e. The third-order valence-corrected chi connectivity index (χ3v) is 5.51. The zero-order valence-corrected chi connectivity index (χ0v) is 15.9. The summed E-state index contributed by atoms with van der Waals surface area (Å²) in [5.74, 6) is 1.13. The quantitative estimate of drug-likeness (QED) is 0.340. The van der Waals surface area contributed by atoms with Crippen LogP contribution >= 0.6 is 23.1 Å². The van der Waals surface area contributed by atoms with Crippen LogP contribution < -0.4 is 0 Å². The molecule has 4 aromatic rings. The summed E-state index contributed by atoms with van der Waals surface area (Å²) in [4.78, 5) is 10.2. The van der Waals surface area contributed by atoms with E-state index in [4.69, 9.17) is 9.40 Å². The predicted octanol–water partition coefficient (Wildman–Crippen LogP) is 5.42. The van der Waals surface area contributed by atoms with Gasteiger partial charge < -0.3 is 4.42 Å². The largest absolute Gasteiger partial charge is 0.419 e. The fraction of sp³-hybridized carbons (Fsp3) is 0.158. The second kappa shape index (κ2) is 7.39. The van der Waals surface area contributed by atoms with E-state index in [-0.39, 0.29) is 5.25 Å². The van der Waals surface area contributed by atoms with Gasteiger partial charge in [-0.3, -0.25) is 0 Å². The summed E-state index contributed by atoms with van der Waals surface area (Å²) in [5, 5.41) is 11.0. The highest BCUT2D eigenvalue weighted by molar-refractivity contribution is 7.99. The normalized spacial score (nSPS) is 12.2. The van der Waals surface area contributed by atoms with E-state index in [1.165, 1.54) is 11.8 Å². The molecule has 0 spiro atoms. The number of nitrogens with zero attached hydrogens (tertiary/aromatic N) is 4. The van der Waals surface area contributed by atoms with Crippen molar-refractivity contribution in [3.8, 4) is 22.0 Å². The molecule has 0 aliphatic rings. The molecule has 3 aromatic heterocycles. The number of rotatable bonds is 5. The number of hydrogen-bond acceptors (Lipinski definition) is 7. The lowest BCUT2D eigenvalue weighted by Crippen LogP contribution is -1.96. The number of aromatic nitrogens is 4. The molecule has 0 N–H and O–H groups in total. The lowest BCUT2D eigenvalue weighted by molar-refractivity contribution is 0.510. The van der Waals surface area contributed by atoms with E-state index in [2.05, 4.69) is 15.2 Å². The van der Waals surface area contributed by atoms with Gasteiger partial charge in [-0.1, -0.05) is 48.2 Å². The van der Waals surface area contributed by atoms with Crippen LogP contribution in [-0.4, -0.2) is 20.2 Å². The first-order valence-electron chi connectivity index (χ1n) is 8.14. The molecule has 0 fully saturated rings. The Bertz CT molecular complexity index is 1000. The van der Waals surface area contributed by atoms with Gasteiger partial charge in [-0.2, -0.15) is 0 Å². The maximum Gasteiger partial charge on any atom is 0.257 e. The molecule has 0 bridgehead atoms. The molecule has 3 heterocycles. The number of thiophene rings is 1. The molecule has 0 saturated carbocycles. The summed E-state index contributed by atoms with van der Waals surface area (Å²) in [6.07, 6.45) is 0. The van der Waals surface area contributed by atoms with Crippen molar-refractivity contribution in [2.24, 2.45) is 0 Å². The van der Waals surface area contributed by atoms with Gasteiger partial charge in [-0.15, -0.1) is 21.5 Å². The summed E-state index contributed by atoms with van der Waals surface area (Å²) >= 11 is 3.09. The average molecular weight is 380 g/mol. The van der Waals surface area contributed by atoms with Crippen molar-refractivity contribution in [3.63, 3.8) is 0 Å². The van der Waals surface area contributed by atoms with E-state index in [1.807, 2.05) is 67.8 Å². The molecule has 0 radical (unpaired) electrons. The van der Waals surface area contributed by atoms with Crippen LogP contribution in [-0.2, 0) is 0 Å². The molecule has 5 nitrogen and oxygen atoms in total. The van der Waals surface area contributed by atoms with Gasteiger partial charge in [0.05, 0.1) is 15.8 Å². The Morgan fingerprint density at radius 3 is 2.65 bits per heavy atom. The van der Waals surface area contributed by atoms with Crippen LogP contribution in [0.4, 0.5) is 0 Å². The number of hydrogen-bond donors (Lipinski definition) is 0. The Morgan fingerprint density at radius 2 is 1.88 bits per heavy atom. The van der Waals surface area contributed by atoms with Crippen LogP contribution in [0.15, 0.2) is 63.5 Å². The zero-order chi connectivity index (χ0) is 17.9. The van der Waals surface area contributed by atoms with Crippen LogP contribution in [0.3, 0.4) is 0 Å². The highest BCUT2D eigenvalue weighted by atomic mass is 32.2. The standard InChI is InChI=1S/C19H16N4OS2/c1-12-11-15(14-7-4-3-5-8-14)21-19(20-12)26-13(2)17-22-23-18(24-17)16-9-6-10-25-16/h3-11,13H,1-2H3/t13-/m0/s1. The van der Waals surface area contributed by atoms with E-state index in [9.17, 15) is 0 Å². The zero-order valence-electron chi connectivity index (χ0n) is 14.3. The molecule has 1 atom stereocenters. The summed E-state index contributed by atoms with van der Waals surface area (Å²) < 4.78 is 5.82. The molecule has 0 aliphatic carbocycles. The second-order valence-electron chi connectivity index (χ2n) is 5.73. The minimum Gasteiger partial charge on any atom is -0.419 e. The highest BCUT2D eigenvalue weighted by Crippen LogP contribution is 2.35. The fourth-order valence-corrected chi connectivity index (χ4v) is 3.96. The first-order valence-corrected chi connectivity index (χ1v) is 9.90. The number of thioether (sulfide) groups is 1. The Morgan fingerprint density at radius 1 is 1.04 bits per heavy atom. The van der Waals surface area contributed by atoms with Crippen LogP contribution in [0.1, 0.15) is 23.8 Å². The lowest BCUT2D eigenvalue weighted by Gasteiger charge is -2.08. The molecule has 0 aliphatic heterocycles. The topological polar surface area (TPSA) is 64.7 Å². The molecule has 7 heteroatoms. The average Bonchev–Trinajstić information content (AvgIpc) is 3.33. The highest BCUT2D eigenvalue weighted by Gasteiger charge is 2.18. The van der Waals surface area contributed by atoms with E-state index in [1.54, 1.807) is 11.3 Å². The predicted molar refractivity (Wildman–Crippen MR) is 104 cm³/mol. The van der Waals surface area contributed by atoms with Gasteiger partial charge >= 0.3 is 0 Å². The maximum atomic E-state index is 5.82. The van der Waals surface area contributed by atoms with Gasteiger partial charge in [0.1, 0.15) is 0 Å². The van der Waals surface area contributed by atoms with Crippen molar-refractivity contribution < 1.29 is 4.42 Å². The fourth-order valence-electron chi connectivity index (χ4n) is 2.46. The summed E-state index contributed by atoms with van der Waals surface area (Å²) in [6.45, 7) is 3.99. The van der Waals surface area contributed by atoms with Gasteiger partial charge in [0.15, 0.2) is 5.16 Å². The van der Waals surface area contributed by atoms with Gasteiger partial charge in [0.25, 0.3) is 5.89 Å². The molecule has 0 unspecified atom stereocenters. The lowest BCUT2D eigenvalue weighted by atomic mass is 10.1. The Kier molecular flexibility index (Phi) is 4.81. The molecule has 26 heavy (non-hydrogen) atoms. The van der Waals surface area contributed by atoms with Crippen molar-refractivity contribution in [2.45, 2.75) is 24.3 Å². The van der Waals surface area contributed by atoms with Gasteiger partial charge in [0.2, 0.25) is 5.89 Å². The molecule has 4 rings (SSSR count). The van der Waals surface area contributed by atoms with Crippen molar-refractivity contribution in [2.75, 3.05) is 0 Å². The minimum absolute atomic E-state index is 0.0402. The monoisotopic (exact) mass is 380 g/mol. The molecule has 0 saturated heterocycles. The molecule has 130 valence electrons. The summed E-state index contributed by atoms with van der Waals surface area (Å²) in [6, 6.07) is 16.0. The van der Waals surface area contributed by atoms with Gasteiger partial charge in [-0.25, -0.2) is 9.97 Å². The summed E-state index contributed by atoms with van der Waals surface area (Å²) in [7, 11) is 0. The first-order chi connectivity index (χ1) is 12.7. The molecular weight excluding hydrogens is 364 g/mol. The number of benzene rings is 1. The summed E-state index contributed by atoms with van der Waals surface area (Å²) in [5.41, 5.74) is 2.92. The van der Waals surface area contributed by atoms with Crippen LogP contribution in [0.5, 0.6) is 0 Å². The van der Waals surface area contributed by atoms with Crippen molar-refractivity contribution in [1.29, 1.82) is 0 Å². The van der Waals surface area contributed by atoms with E-state index < -0.39 is 0 Å². The van der Waals surface area contributed by atoms with Gasteiger partial charge in [0, 0.05) is 11.3 Å². The van der Waals surface area contributed by atoms with Crippen molar-refractivity contribution in [3.05, 3.63) is 65.5 Å². The Balaban J connectivity index is 1.56. The Hall–Kier alpha value is -2.51. The Labute approximate surface area is 159 Å². The molecule has 1 aromatic carbocycles. The maximum absolute atomic E-state index is 5.82. The van der Waals surface area contributed by atoms with E-state index >= 15 is 0 Å². The minimum atomic E-state index is -0.0402. The second-order valence-corrected chi connectivity index (χ2v) is 7.98.